The molecule has 2 aromatic rings. The van der Waals surface area contributed by atoms with Gasteiger partial charge in [0, 0.05) is 12.0 Å². The van der Waals surface area contributed by atoms with Gasteiger partial charge in [0.1, 0.15) is 0 Å². The molecule has 0 bridgehead atoms. The number of rotatable bonds is 5. The van der Waals surface area contributed by atoms with E-state index in [0.717, 1.165) is 10.8 Å². The lowest BCUT2D eigenvalue weighted by atomic mass is 9.98. The molecule has 0 spiro atoms. The normalized spacial score (nSPS) is 11.7. The van der Waals surface area contributed by atoms with Gasteiger partial charge >= 0.3 is 6.18 Å². The molecule has 0 saturated carbocycles. The summed E-state index contributed by atoms with van der Waals surface area (Å²) in [6.07, 6.45) is -7.13. The highest BCUT2D eigenvalue weighted by Crippen LogP contribution is 2.30. The van der Waals surface area contributed by atoms with Gasteiger partial charge in [-0.1, -0.05) is 36.4 Å². The molecule has 2 rings (SSSR count). The number of unbranched alkanes of at least 4 members (excludes halogenated alkanes) is 1. The average molecular weight is 314 g/mol. The molecule has 5 heteroatoms. The van der Waals surface area contributed by atoms with Gasteiger partial charge in [-0.05, 0) is 41.7 Å². The maximum atomic E-state index is 13.1. The van der Waals surface area contributed by atoms with Crippen LogP contribution in [0.3, 0.4) is 0 Å². The van der Waals surface area contributed by atoms with Crippen LogP contribution < -0.4 is 0 Å². The molecule has 0 fully saturated rings. The molecule has 0 atom stereocenters. The Hall–Kier alpha value is -1.91. The van der Waals surface area contributed by atoms with Gasteiger partial charge in [0.05, 0.1) is 0 Å². The molecular weight excluding hydrogens is 299 g/mol. The molecule has 118 valence electrons. The van der Waals surface area contributed by atoms with E-state index in [1.807, 2.05) is 24.3 Å². The van der Waals surface area contributed by atoms with Gasteiger partial charge in [-0.15, -0.1) is 0 Å². The van der Waals surface area contributed by atoms with Crippen LogP contribution >= 0.6 is 0 Å². The largest absolute Gasteiger partial charge is 0.389 e. The first-order chi connectivity index (χ1) is 10.4. The molecule has 0 aliphatic heterocycles. The van der Waals surface area contributed by atoms with Gasteiger partial charge in [-0.2, -0.15) is 22.0 Å². The monoisotopic (exact) mass is 314 g/mol. The van der Waals surface area contributed by atoms with Crippen molar-refractivity contribution in [1.82, 2.24) is 0 Å². The number of halogens is 5. The minimum absolute atomic E-state index is 0.0588. The Morgan fingerprint density at radius 2 is 1.55 bits per heavy atom. The van der Waals surface area contributed by atoms with Crippen molar-refractivity contribution >= 4 is 16.3 Å². The molecular formula is C17H15F5. The Balaban J connectivity index is 2.12. The van der Waals surface area contributed by atoms with E-state index >= 15 is 0 Å². The molecule has 0 aliphatic carbocycles. The third kappa shape index (κ3) is 4.55. The van der Waals surface area contributed by atoms with Crippen molar-refractivity contribution in [2.75, 3.05) is 0 Å². The van der Waals surface area contributed by atoms with Crippen molar-refractivity contribution < 1.29 is 22.0 Å². The smallest absolute Gasteiger partial charge is 0.173 e. The van der Waals surface area contributed by atoms with E-state index in [2.05, 4.69) is 0 Å². The molecule has 0 radical (unpaired) electrons. The second kappa shape index (κ2) is 6.90. The zero-order valence-electron chi connectivity index (χ0n) is 11.8. The van der Waals surface area contributed by atoms with Crippen molar-refractivity contribution in [3.8, 4) is 0 Å². The van der Waals surface area contributed by atoms with Gasteiger partial charge < -0.3 is 0 Å². The fraction of sp³-hybridized carbons (Fsp3) is 0.294. The van der Waals surface area contributed by atoms with Gasteiger partial charge in [0.2, 0.25) is 0 Å². The minimum Gasteiger partial charge on any atom is -0.173 e. The first kappa shape index (κ1) is 16.5. The molecule has 0 nitrogen and oxygen atoms in total. The minimum atomic E-state index is -4.24. The van der Waals surface area contributed by atoms with E-state index in [9.17, 15) is 22.0 Å². The number of hydrogen-bond donors (Lipinski definition) is 0. The molecule has 0 heterocycles. The first-order valence-electron chi connectivity index (χ1n) is 6.97. The third-order valence-electron chi connectivity index (χ3n) is 3.46. The summed E-state index contributed by atoms with van der Waals surface area (Å²) in [6.45, 7) is 0. The molecule has 0 saturated heterocycles. The summed E-state index contributed by atoms with van der Waals surface area (Å²) in [5.74, 6) is 0. The van der Waals surface area contributed by atoms with Gasteiger partial charge in [0.15, 0.2) is 0 Å². The van der Waals surface area contributed by atoms with Crippen molar-refractivity contribution in [2.45, 2.75) is 31.9 Å². The van der Waals surface area contributed by atoms with Gasteiger partial charge in [-0.3, -0.25) is 0 Å². The Morgan fingerprint density at radius 3 is 2.18 bits per heavy atom. The maximum Gasteiger partial charge on any atom is 0.389 e. The summed E-state index contributed by atoms with van der Waals surface area (Å²) in [5, 5.41) is 1.76. The van der Waals surface area contributed by atoms with Crippen LogP contribution in [0.1, 0.15) is 31.2 Å². The number of allylic oxidation sites excluding steroid dienone is 1. The maximum absolute atomic E-state index is 13.1. The molecule has 22 heavy (non-hydrogen) atoms. The standard InChI is InChI=1S/C17H15F5/c18-16(19)15(7-3-4-10-17(20,21)22)14-9-8-12-5-1-2-6-13(12)11-14/h1-2,5-6,8-9,11H,3-4,7,10H2. The van der Waals surface area contributed by atoms with E-state index in [1.165, 1.54) is 0 Å². The van der Waals surface area contributed by atoms with Crippen molar-refractivity contribution in [3.63, 3.8) is 0 Å². The predicted molar refractivity (Wildman–Crippen MR) is 77.6 cm³/mol. The summed E-state index contributed by atoms with van der Waals surface area (Å²) in [7, 11) is 0. The molecule has 0 aliphatic rings. The van der Waals surface area contributed by atoms with Crippen molar-refractivity contribution in [1.29, 1.82) is 0 Å². The van der Waals surface area contributed by atoms with Crippen LogP contribution in [-0.4, -0.2) is 6.18 Å². The summed E-state index contributed by atoms with van der Waals surface area (Å²) in [5.41, 5.74) is 0.193. The van der Waals surface area contributed by atoms with E-state index in [0.29, 0.717) is 5.56 Å². The summed E-state index contributed by atoms with van der Waals surface area (Å²) < 4.78 is 62.4. The Morgan fingerprint density at radius 1 is 0.864 bits per heavy atom. The highest BCUT2D eigenvalue weighted by atomic mass is 19.4. The fourth-order valence-electron chi connectivity index (χ4n) is 2.35. The summed E-state index contributed by atoms with van der Waals surface area (Å²) in [6, 6.07) is 12.3. The highest BCUT2D eigenvalue weighted by molar-refractivity contribution is 5.86. The second-order valence-corrected chi connectivity index (χ2v) is 5.12. The number of alkyl halides is 3. The van der Waals surface area contributed by atoms with Crippen LogP contribution in [0, 0.1) is 0 Å². The quantitative estimate of drug-likeness (QED) is 0.432. The van der Waals surface area contributed by atoms with Crippen molar-refractivity contribution in [2.24, 2.45) is 0 Å². The topological polar surface area (TPSA) is 0 Å². The highest BCUT2D eigenvalue weighted by Gasteiger charge is 2.26. The lowest BCUT2D eigenvalue weighted by molar-refractivity contribution is -0.135. The van der Waals surface area contributed by atoms with E-state index in [1.54, 1.807) is 18.2 Å². The molecule has 0 N–H and O–H groups in total. The lowest BCUT2D eigenvalue weighted by Gasteiger charge is -2.09. The third-order valence-corrected chi connectivity index (χ3v) is 3.46. The van der Waals surface area contributed by atoms with Crippen LogP contribution in [0.5, 0.6) is 0 Å². The van der Waals surface area contributed by atoms with Crippen LogP contribution in [0.15, 0.2) is 48.5 Å². The average Bonchev–Trinajstić information content (AvgIpc) is 2.45. The van der Waals surface area contributed by atoms with Crippen LogP contribution in [0.4, 0.5) is 22.0 Å². The fourth-order valence-corrected chi connectivity index (χ4v) is 2.35. The van der Waals surface area contributed by atoms with Crippen molar-refractivity contribution in [3.05, 3.63) is 54.1 Å². The molecule has 0 unspecified atom stereocenters. The van der Waals surface area contributed by atoms with Gasteiger partial charge in [-0.25, -0.2) is 0 Å². The predicted octanol–water partition coefficient (Wildman–Crippen LogP) is 6.57. The summed E-state index contributed by atoms with van der Waals surface area (Å²) >= 11 is 0. The number of benzene rings is 2. The Bertz CT molecular complexity index is 666. The lowest BCUT2D eigenvalue weighted by Crippen LogP contribution is -2.06. The number of fused-ring (bicyclic) bond motifs is 1. The van der Waals surface area contributed by atoms with Crippen LogP contribution in [0.2, 0.25) is 0 Å². The van der Waals surface area contributed by atoms with E-state index < -0.39 is 18.7 Å². The Kier molecular flexibility index (Phi) is 5.16. The van der Waals surface area contributed by atoms with Gasteiger partial charge in [0.25, 0.3) is 6.08 Å². The summed E-state index contributed by atoms with van der Waals surface area (Å²) in [4.78, 5) is 0. The Labute approximate surface area is 125 Å². The molecule has 0 amide bonds. The van der Waals surface area contributed by atoms with Crippen LogP contribution in [0.25, 0.3) is 16.3 Å². The molecule has 2 aromatic carbocycles. The van der Waals surface area contributed by atoms with E-state index in [-0.39, 0.29) is 24.8 Å². The van der Waals surface area contributed by atoms with Crippen LogP contribution in [-0.2, 0) is 0 Å². The van der Waals surface area contributed by atoms with E-state index in [4.69, 9.17) is 0 Å². The second-order valence-electron chi connectivity index (χ2n) is 5.12. The first-order valence-corrected chi connectivity index (χ1v) is 6.97. The molecule has 0 aromatic heterocycles. The SMILES string of the molecule is FC(F)=C(CCCCC(F)(F)F)c1ccc2ccccc2c1. The number of hydrogen-bond acceptors (Lipinski definition) is 0. The zero-order valence-corrected chi connectivity index (χ0v) is 11.8. The zero-order chi connectivity index (χ0) is 16.2.